The van der Waals surface area contributed by atoms with Crippen molar-refractivity contribution in [2.24, 2.45) is 0 Å². The number of amides is 2. The van der Waals surface area contributed by atoms with Gasteiger partial charge >= 0.3 is 12.0 Å². The van der Waals surface area contributed by atoms with Crippen LogP contribution < -0.4 is 20.3 Å². The molecule has 1 unspecified atom stereocenters. The third-order valence-electron chi connectivity index (χ3n) is 5.65. The maximum absolute atomic E-state index is 12.7. The van der Waals surface area contributed by atoms with Gasteiger partial charge in [-0.3, -0.25) is 4.90 Å². The van der Waals surface area contributed by atoms with Gasteiger partial charge in [0.15, 0.2) is 0 Å². The summed E-state index contributed by atoms with van der Waals surface area (Å²) in [7, 11) is 1.36. The Morgan fingerprint density at radius 1 is 1.16 bits per heavy atom. The maximum atomic E-state index is 12.7. The summed E-state index contributed by atoms with van der Waals surface area (Å²) in [6.45, 7) is 6.33. The molecule has 1 fully saturated rings. The SMILES string of the molecule is CCOc1ccccc1N1CCN(CC2=C(C(=O)OC)C(c3cccs3)NC(=O)N2)CC1. The minimum Gasteiger partial charge on any atom is -0.492 e. The summed E-state index contributed by atoms with van der Waals surface area (Å²) in [5.41, 5.74) is 2.15. The van der Waals surface area contributed by atoms with Crippen LogP contribution in [0.1, 0.15) is 17.8 Å². The number of ether oxygens (including phenoxy) is 2. The van der Waals surface area contributed by atoms with Crippen molar-refractivity contribution in [3.8, 4) is 5.75 Å². The molecule has 3 heterocycles. The molecule has 170 valence electrons. The molecule has 0 saturated carbocycles. The van der Waals surface area contributed by atoms with E-state index >= 15 is 0 Å². The molecule has 32 heavy (non-hydrogen) atoms. The lowest BCUT2D eigenvalue weighted by molar-refractivity contribution is -0.136. The van der Waals surface area contributed by atoms with E-state index in [2.05, 4.69) is 26.5 Å². The number of hydrogen-bond acceptors (Lipinski definition) is 7. The van der Waals surface area contributed by atoms with E-state index in [1.165, 1.54) is 18.4 Å². The van der Waals surface area contributed by atoms with Crippen molar-refractivity contribution in [2.75, 3.05) is 51.3 Å². The first-order valence-corrected chi connectivity index (χ1v) is 11.6. The van der Waals surface area contributed by atoms with Gasteiger partial charge in [-0.2, -0.15) is 0 Å². The highest BCUT2D eigenvalue weighted by molar-refractivity contribution is 7.10. The summed E-state index contributed by atoms with van der Waals surface area (Å²) in [5.74, 6) is 0.457. The van der Waals surface area contributed by atoms with Crippen molar-refractivity contribution in [3.05, 3.63) is 57.9 Å². The summed E-state index contributed by atoms with van der Waals surface area (Å²) < 4.78 is 10.8. The van der Waals surface area contributed by atoms with Gasteiger partial charge in [0.25, 0.3) is 0 Å². The number of urea groups is 1. The fraction of sp³-hybridized carbons (Fsp3) is 0.391. The standard InChI is InChI=1S/C23H28N4O4S/c1-3-31-18-8-5-4-7-17(18)27-12-10-26(11-13-27)15-16-20(22(28)30-2)21(25-23(29)24-16)19-9-6-14-32-19/h4-9,14,21H,3,10-13,15H2,1-2H3,(H2,24,25,29). The van der Waals surface area contributed by atoms with Crippen LogP contribution in [0, 0.1) is 0 Å². The van der Waals surface area contributed by atoms with E-state index in [1.807, 2.05) is 42.6 Å². The molecule has 8 nitrogen and oxygen atoms in total. The van der Waals surface area contributed by atoms with Gasteiger partial charge in [0.1, 0.15) is 5.75 Å². The molecule has 0 radical (unpaired) electrons. The smallest absolute Gasteiger partial charge is 0.338 e. The summed E-state index contributed by atoms with van der Waals surface area (Å²) in [6, 6.07) is 11.1. The molecule has 2 aromatic rings. The molecular weight excluding hydrogens is 428 g/mol. The van der Waals surface area contributed by atoms with Crippen molar-refractivity contribution < 1.29 is 19.1 Å². The zero-order chi connectivity index (χ0) is 22.5. The summed E-state index contributed by atoms with van der Waals surface area (Å²) in [6.07, 6.45) is 0. The summed E-state index contributed by atoms with van der Waals surface area (Å²) in [4.78, 5) is 30.5. The van der Waals surface area contributed by atoms with Gasteiger partial charge in [-0.1, -0.05) is 18.2 Å². The zero-order valence-electron chi connectivity index (χ0n) is 18.3. The number of carbonyl (C=O) groups is 2. The van der Waals surface area contributed by atoms with Gasteiger partial charge in [-0.15, -0.1) is 11.3 Å². The molecule has 1 aromatic heterocycles. The first kappa shape index (κ1) is 22.2. The average Bonchev–Trinajstić information content (AvgIpc) is 3.34. The Balaban J connectivity index is 1.50. The fourth-order valence-corrected chi connectivity index (χ4v) is 4.91. The Morgan fingerprint density at radius 3 is 2.62 bits per heavy atom. The number of carbonyl (C=O) groups excluding carboxylic acids is 2. The number of esters is 1. The van der Waals surface area contributed by atoms with Crippen molar-refractivity contribution in [3.63, 3.8) is 0 Å². The largest absolute Gasteiger partial charge is 0.492 e. The molecule has 0 bridgehead atoms. The van der Waals surface area contributed by atoms with Gasteiger partial charge in [0.2, 0.25) is 0 Å². The molecule has 9 heteroatoms. The first-order chi connectivity index (χ1) is 15.6. The van der Waals surface area contributed by atoms with E-state index < -0.39 is 12.0 Å². The van der Waals surface area contributed by atoms with Crippen LogP contribution in [0.3, 0.4) is 0 Å². The summed E-state index contributed by atoms with van der Waals surface area (Å²) >= 11 is 1.50. The Bertz CT molecular complexity index is 984. The lowest BCUT2D eigenvalue weighted by atomic mass is 10.0. The van der Waals surface area contributed by atoms with Crippen LogP contribution in [0.2, 0.25) is 0 Å². The highest BCUT2D eigenvalue weighted by Crippen LogP contribution is 2.32. The van der Waals surface area contributed by atoms with Crippen LogP contribution >= 0.6 is 11.3 Å². The molecule has 2 amide bonds. The third-order valence-corrected chi connectivity index (χ3v) is 6.58. The predicted octanol–water partition coefficient (Wildman–Crippen LogP) is 2.75. The van der Waals surface area contributed by atoms with Gasteiger partial charge in [0, 0.05) is 43.3 Å². The van der Waals surface area contributed by atoms with Gasteiger partial charge in [0.05, 0.1) is 31.0 Å². The normalized spacial score (nSPS) is 19.4. The monoisotopic (exact) mass is 456 g/mol. The molecule has 1 saturated heterocycles. The van der Waals surface area contributed by atoms with E-state index in [4.69, 9.17) is 9.47 Å². The number of methoxy groups -OCH3 is 1. The van der Waals surface area contributed by atoms with E-state index in [0.717, 1.165) is 42.5 Å². The number of nitrogens with zero attached hydrogens (tertiary/aromatic N) is 2. The van der Waals surface area contributed by atoms with Gasteiger partial charge in [-0.25, -0.2) is 9.59 Å². The Labute approximate surface area is 191 Å². The highest BCUT2D eigenvalue weighted by Gasteiger charge is 2.35. The van der Waals surface area contributed by atoms with Gasteiger partial charge < -0.3 is 25.0 Å². The molecule has 2 aliphatic heterocycles. The maximum Gasteiger partial charge on any atom is 0.338 e. The first-order valence-electron chi connectivity index (χ1n) is 10.7. The Morgan fingerprint density at radius 2 is 1.94 bits per heavy atom. The second-order valence-electron chi connectivity index (χ2n) is 7.59. The Kier molecular flexibility index (Phi) is 6.96. The minimum atomic E-state index is -0.509. The third kappa shape index (κ3) is 4.73. The molecule has 2 aliphatic rings. The number of thiophene rings is 1. The quantitative estimate of drug-likeness (QED) is 0.624. The van der Waals surface area contributed by atoms with E-state index in [-0.39, 0.29) is 6.03 Å². The number of benzene rings is 1. The van der Waals surface area contributed by atoms with Crippen LogP contribution in [0.15, 0.2) is 53.0 Å². The second-order valence-corrected chi connectivity index (χ2v) is 8.57. The molecule has 2 N–H and O–H groups in total. The number of rotatable bonds is 7. The van der Waals surface area contributed by atoms with Gasteiger partial charge in [-0.05, 0) is 30.5 Å². The lowest BCUT2D eigenvalue weighted by Crippen LogP contribution is -2.51. The summed E-state index contributed by atoms with van der Waals surface area (Å²) in [5, 5.41) is 7.63. The molecular formula is C23H28N4O4S. The van der Waals surface area contributed by atoms with Crippen molar-refractivity contribution >= 4 is 29.0 Å². The average molecular weight is 457 g/mol. The molecule has 0 spiro atoms. The van der Waals surface area contributed by atoms with E-state index in [0.29, 0.717) is 24.4 Å². The van der Waals surface area contributed by atoms with Crippen LogP contribution in [0.4, 0.5) is 10.5 Å². The number of anilines is 1. The number of piperazine rings is 1. The second kappa shape index (κ2) is 10.1. The lowest BCUT2D eigenvalue weighted by Gasteiger charge is -2.38. The van der Waals surface area contributed by atoms with Crippen molar-refractivity contribution in [1.82, 2.24) is 15.5 Å². The van der Waals surface area contributed by atoms with Crippen LogP contribution in [0.5, 0.6) is 5.75 Å². The number of nitrogens with one attached hydrogen (secondary N) is 2. The predicted molar refractivity (Wildman–Crippen MR) is 124 cm³/mol. The van der Waals surface area contributed by atoms with Crippen LogP contribution in [0.25, 0.3) is 0 Å². The van der Waals surface area contributed by atoms with Crippen molar-refractivity contribution in [1.29, 1.82) is 0 Å². The Hall–Kier alpha value is -3.04. The number of para-hydroxylation sites is 2. The molecule has 0 aliphatic carbocycles. The molecule has 1 atom stereocenters. The minimum absolute atomic E-state index is 0.310. The highest BCUT2D eigenvalue weighted by atomic mass is 32.1. The molecule has 1 aromatic carbocycles. The fourth-order valence-electron chi connectivity index (χ4n) is 4.13. The topological polar surface area (TPSA) is 83.1 Å². The van der Waals surface area contributed by atoms with Crippen LogP contribution in [-0.4, -0.2) is 63.3 Å². The van der Waals surface area contributed by atoms with Crippen LogP contribution in [-0.2, 0) is 9.53 Å². The van der Waals surface area contributed by atoms with E-state index in [1.54, 1.807) is 0 Å². The van der Waals surface area contributed by atoms with Crippen molar-refractivity contribution in [2.45, 2.75) is 13.0 Å². The zero-order valence-corrected chi connectivity index (χ0v) is 19.1. The van der Waals surface area contributed by atoms with E-state index in [9.17, 15) is 9.59 Å². The number of hydrogen-bond donors (Lipinski definition) is 2. The molecule has 4 rings (SSSR count).